The fraction of sp³-hybridized carbons (Fsp3) is 0.364. The van der Waals surface area contributed by atoms with Crippen LogP contribution in [0.1, 0.15) is 30.1 Å². The molecule has 0 aliphatic rings. The number of hydrogen-bond donors (Lipinski definition) is 1. The summed E-state index contributed by atoms with van der Waals surface area (Å²) in [5.41, 5.74) is 6.42. The van der Waals surface area contributed by atoms with Crippen molar-refractivity contribution in [3.8, 4) is 0 Å². The van der Waals surface area contributed by atoms with Gasteiger partial charge < -0.3 is 10.5 Å². The lowest BCUT2D eigenvalue weighted by Gasteiger charge is -2.05. The lowest BCUT2D eigenvalue weighted by atomic mass is 10.2. The highest BCUT2D eigenvalue weighted by atomic mass is 35.5. The van der Waals surface area contributed by atoms with Crippen molar-refractivity contribution >= 4 is 23.3 Å². The van der Waals surface area contributed by atoms with Gasteiger partial charge in [-0.2, -0.15) is 0 Å². The third kappa shape index (κ3) is 3.80. The number of carbonyl (C=O) groups is 1. The van der Waals surface area contributed by atoms with Crippen LogP contribution >= 0.6 is 11.6 Å². The molecule has 1 aromatic carbocycles. The topological polar surface area (TPSA) is 52.3 Å². The molecule has 0 fully saturated rings. The van der Waals surface area contributed by atoms with E-state index in [0.717, 1.165) is 12.8 Å². The Morgan fingerprint density at radius 3 is 2.80 bits per heavy atom. The number of halogens is 1. The number of nitrogen functional groups attached to an aromatic ring is 1. The van der Waals surface area contributed by atoms with Crippen LogP contribution < -0.4 is 5.73 Å². The maximum atomic E-state index is 11.5. The zero-order chi connectivity index (χ0) is 11.3. The molecule has 3 nitrogen and oxygen atoms in total. The Morgan fingerprint density at radius 2 is 2.20 bits per heavy atom. The fourth-order valence-corrected chi connectivity index (χ4v) is 1.37. The van der Waals surface area contributed by atoms with Crippen molar-refractivity contribution < 1.29 is 9.53 Å². The van der Waals surface area contributed by atoms with Crippen LogP contribution in [0.2, 0.25) is 5.02 Å². The van der Waals surface area contributed by atoms with Crippen LogP contribution in [0.4, 0.5) is 5.69 Å². The molecule has 82 valence electrons. The molecular weight excluding hydrogens is 214 g/mol. The molecule has 0 saturated carbocycles. The number of hydrogen-bond acceptors (Lipinski definition) is 3. The molecule has 0 unspecified atom stereocenters. The second-order valence-corrected chi connectivity index (χ2v) is 3.70. The summed E-state index contributed by atoms with van der Waals surface area (Å²) >= 11 is 5.77. The number of carbonyl (C=O) groups excluding carboxylic acids is 1. The van der Waals surface area contributed by atoms with Gasteiger partial charge in [-0.15, -0.1) is 0 Å². The Bertz CT molecular complexity index is 332. The van der Waals surface area contributed by atoms with Crippen molar-refractivity contribution in [2.75, 3.05) is 12.3 Å². The summed E-state index contributed by atoms with van der Waals surface area (Å²) in [6.07, 6.45) is 1.85. The van der Waals surface area contributed by atoms with Gasteiger partial charge in [0.2, 0.25) is 0 Å². The standard InChI is InChI=1S/C11H14ClNO2/c1-2-3-4-15-11(14)8-5-9(12)7-10(13)6-8/h5-7H,2-4,13H2,1H3. The third-order valence-corrected chi connectivity index (χ3v) is 2.11. The third-order valence-electron chi connectivity index (χ3n) is 1.89. The van der Waals surface area contributed by atoms with Crippen LogP contribution in [0, 0.1) is 0 Å². The molecule has 4 heteroatoms. The quantitative estimate of drug-likeness (QED) is 0.489. The Kier molecular flexibility index (Phi) is 4.43. The van der Waals surface area contributed by atoms with Crippen LogP contribution in [-0.2, 0) is 4.74 Å². The molecule has 0 spiro atoms. The molecule has 1 aromatic rings. The summed E-state index contributed by atoms with van der Waals surface area (Å²) in [4.78, 5) is 11.5. The van der Waals surface area contributed by atoms with Crippen molar-refractivity contribution in [1.29, 1.82) is 0 Å². The van der Waals surface area contributed by atoms with Gasteiger partial charge in [-0.1, -0.05) is 24.9 Å². The highest BCUT2D eigenvalue weighted by Crippen LogP contribution is 2.17. The minimum atomic E-state index is -0.377. The van der Waals surface area contributed by atoms with Crippen LogP contribution in [0.15, 0.2) is 18.2 Å². The first-order valence-corrected chi connectivity index (χ1v) is 5.24. The van der Waals surface area contributed by atoms with Crippen LogP contribution in [-0.4, -0.2) is 12.6 Å². The lowest BCUT2D eigenvalue weighted by Crippen LogP contribution is -2.06. The predicted molar refractivity (Wildman–Crippen MR) is 61.1 cm³/mol. The molecule has 0 aliphatic heterocycles. The van der Waals surface area contributed by atoms with Gasteiger partial charge in [-0.25, -0.2) is 4.79 Å². The zero-order valence-electron chi connectivity index (χ0n) is 8.63. The van der Waals surface area contributed by atoms with Gasteiger partial charge in [0.1, 0.15) is 0 Å². The van der Waals surface area contributed by atoms with E-state index in [1.54, 1.807) is 18.2 Å². The van der Waals surface area contributed by atoms with E-state index in [4.69, 9.17) is 22.1 Å². The van der Waals surface area contributed by atoms with E-state index in [1.165, 1.54) is 0 Å². The van der Waals surface area contributed by atoms with Gasteiger partial charge in [-0.3, -0.25) is 0 Å². The number of ether oxygens (including phenoxy) is 1. The molecule has 0 bridgehead atoms. The smallest absolute Gasteiger partial charge is 0.338 e. The SMILES string of the molecule is CCCCOC(=O)c1cc(N)cc(Cl)c1. The molecule has 15 heavy (non-hydrogen) atoms. The number of esters is 1. The molecule has 0 saturated heterocycles. The van der Waals surface area contributed by atoms with E-state index in [1.807, 2.05) is 6.92 Å². The first-order chi connectivity index (χ1) is 7.13. The van der Waals surface area contributed by atoms with E-state index in [2.05, 4.69) is 0 Å². The normalized spacial score (nSPS) is 10.0. The number of unbranched alkanes of at least 4 members (excludes halogenated alkanes) is 1. The minimum absolute atomic E-state index is 0.377. The average molecular weight is 228 g/mol. The summed E-state index contributed by atoms with van der Waals surface area (Å²) < 4.78 is 5.03. The molecule has 0 aromatic heterocycles. The Labute approximate surface area is 94.2 Å². The summed E-state index contributed by atoms with van der Waals surface area (Å²) in [5, 5.41) is 0.442. The van der Waals surface area contributed by atoms with Crippen LogP contribution in [0.3, 0.4) is 0 Å². The van der Waals surface area contributed by atoms with E-state index >= 15 is 0 Å². The van der Waals surface area contributed by atoms with Crippen LogP contribution in [0.5, 0.6) is 0 Å². The van der Waals surface area contributed by atoms with Crippen molar-refractivity contribution in [3.05, 3.63) is 28.8 Å². The van der Waals surface area contributed by atoms with Gasteiger partial charge in [-0.05, 0) is 24.6 Å². The maximum absolute atomic E-state index is 11.5. The molecule has 0 aliphatic carbocycles. The van der Waals surface area contributed by atoms with Gasteiger partial charge in [0.05, 0.1) is 12.2 Å². The maximum Gasteiger partial charge on any atom is 0.338 e. The van der Waals surface area contributed by atoms with Gasteiger partial charge in [0, 0.05) is 10.7 Å². The van der Waals surface area contributed by atoms with E-state index in [9.17, 15) is 4.79 Å². The molecule has 0 atom stereocenters. The summed E-state index contributed by atoms with van der Waals surface area (Å²) in [6, 6.07) is 4.69. The number of benzene rings is 1. The number of nitrogens with two attached hydrogens (primary N) is 1. The first kappa shape index (κ1) is 11.9. The molecule has 1 rings (SSSR count). The van der Waals surface area contributed by atoms with Gasteiger partial charge in [0.25, 0.3) is 0 Å². The molecule has 0 radical (unpaired) electrons. The highest BCUT2D eigenvalue weighted by molar-refractivity contribution is 6.31. The molecule has 0 heterocycles. The fourth-order valence-electron chi connectivity index (χ4n) is 1.12. The van der Waals surface area contributed by atoms with Gasteiger partial charge >= 0.3 is 5.97 Å². The molecule has 0 amide bonds. The highest BCUT2D eigenvalue weighted by Gasteiger charge is 2.08. The van der Waals surface area contributed by atoms with E-state index in [0.29, 0.717) is 22.9 Å². The Balaban J connectivity index is 2.65. The predicted octanol–water partition coefficient (Wildman–Crippen LogP) is 2.88. The minimum Gasteiger partial charge on any atom is -0.462 e. The van der Waals surface area contributed by atoms with Crippen molar-refractivity contribution in [2.45, 2.75) is 19.8 Å². The second kappa shape index (κ2) is 5.61. The van der Waals surface area contributed by atoms with E-state index < -0.39 is 0 Å². The zero-order valence-corrected chi connectivity index (χ0v) is 9.38. The molecular formula is C11H14ClNO2. The van der Waals surface area contributed by atoms with Crippen LogP contribution in [0.25, 0.3) is 0 Å². The van der Waals surface area contributed by atoms with Crippen molar-refractivity contribution in [1.82, 2.24) is 0 Å². The lowest BCUT2D eigenvalue weighted by molar-refractivity contribution is 0.0500. The van der Waals surface area contributed by atoms with Crippen molar-refractivity contribution in [3.63, 3.8) is 0 Å². The number of anilines is 1. The number of rotatable bonds is 4. The first-order valence-electron chi connectivity index (χ1n) is 4.86. The summed E-state index contributed by atoms with van der Waals surface area (Å²) in [6.45, 7) is 2.47. The van der Waals surface area contributed by atoms with Crippen molar-refractivity contribution in [2.24, 2.45) is 0 Å². The average Bonchev–Trinajstić information content (AvgIpc) is 2.16. The summed E-state index contributed by atoms with van der Waals surface area (Å²) in [7, 11) is 0. The monoisotopic (exact) mass is 227 g/mol. The molecule has 2 N–H and O–H groups in total. The second-order valence-electron chi connectivity index (χ2n) is 3.26. The Morgan fingerprint density at radius 1 is 1.47 bits per heavy atom. The summed E-state index contributed by atoms with van der Waals surface area (Å²) in [5.74, 6) is -0.377. The van der Waals surface area contributed by atoms with Gasteiger partial charge in [0.15, 0.2) is 0 Å². The Hall–Kier alpha value is -1.22. The largest absolute Gasteiger partial charge is 0.462 e. The van der Waals surface area contributed by atoms with E-state index in [-0.39, 0.29) is 5.97 Å².